The van der Waals surface area contributed by atoms with Crippen LogP contribution in [0, 0.1) is 17.2 Å². The van der Waals surface area contributed by atoms with E-state index < -0.39 is 0 Å². The quantitative estimate of drug-likeness (QED) is 0.697. The van der Waals surface area contributed by atoms with Gasteiger partial charge in [0.2, 0.25) is 0 Å². The molecule has 28 heavy (non-hydrogen) atoms. The Morgan fingerprint density at radius 2 is 2.21 bits per heavy atom. The number of pyridine rings is 1. The lowest BCUT2D eigenvalue weighted by molar-refractivity contribution is 0.148. The Morgan fingerprint density at radius 3 is 2.96 bits per heavy atom. The topological polar surface area (TPSA) is 92.8 Å². The van der Waals surface area contributed by atoms with E-state index in [1.807, 2.05) is 12.3 Å². The first kappa shape index (κ1) is 18.7. The summed E-state index contributed by atoms with van der Waals surface area (Å²) in [7, 11) is 0. The van der Waals surface area contributed by atoms with Crippen molar-refractivity contribution in [3.05, 3.63) is 23.5 Å². The van der Waals surface area contributed by atoms with Gasteiger partial charge in [0.1, 0.15) is 11.3 Å². The molecule has 1 saturated carbocycles. The predicted molar refractivity (Wildman–Crippen MR) is 108 cm³/mol. The van der Waals surface area contributed by atoms with Gasteiger partial charge in [-0.3, -0.25) is 4.98 Å². The highest BCUT2D eigenvalue weighted by molar-refractivity contribution is 7.18. The van der Waals surface area contributed by atoms with Crippen LogP contribution in [0.25, 0.3) is 21.3 Å². The van der Waals surface area contributed by atoms with Gasteiger partial charge in [-0.2, -0.15) is 5.26 Å². The summed E-state index contributed by atoms with van der Waals surface area (Å²) in [5, 5.41) is 14.2. The van der Waals surface area contributed by atoms with Crippen LogP contribution in [0.3, 0.4) is 0 Å². The number of carbonyl (C=O) groups excluding carboxylic acids is 1. The van der Waals surface area contributed by atoms with Crippen LogP contribution in [0.2, 0.25) is 0 Å². The van der Waals surface area contributed by atoms with Gasteiger partial charge < -0.3 is 14.6 Å². The van der Waals surface area contributed by atoms with Gasteiger partial charge in [0.15, 0.2) is 0 Å². The molecule has 0 unspecified atom stereocenters. The number of hydrogen-bond donors (Lipinski definition) is 1. The van der Waals surface area contributed by atoms with Crippen molar-refractivity contribution in [2.75, 3.05) is 13.2 Å². The van der Waals surface area contributed by atoms with Crippen LogP contribution < -0.4 is 5.32 Å². The van der Waals surface area contributed by atoms with Crippen molar-refractivity contribution in [3.63, 3.8) is 0 Å². The lowest BCUT2D eigenvalue weighted by atomic mass is 9.85. The third-order valence-electron chi connectivity index (χ3n) is 5.43. The van der Waals surface area contributed by atoms with Gasteiger partial charge in [-0.15, -0.1) is 11.3 Å². The lowest BCUT2D eigenvalue weighted by Crippen LogP contribution is -2.32. The normalized spacial score (nSPS) is 19.6. The van der Waals surface area contributed by atoms with Crippen molar-refractivity contribution in [1.29, 1.82) is 5.26 Å². The van der Waals surface area contributed by atoms with Crippen LogP contribution in [-0.2, 0) is 11.2 Å². The molecule has 1 fully saturated rings. The molecule has 0 atom stereocenters. The molecule has 1 aliphatic rings. The van der Waals surface area contributed by atoms with E-state index in [1.165, 1.54) is 0 Å². The van der Waals surface area contributed by atoms with E-state index in [2.05, 4.69) is 26.3 Å². The molecular formula is C20H23N5O2S. The monoisotopic (exact) mass is 397 g/mol. The van der Waals surface area contributed by atoms with E-state index in [4.69, 9.17) is 9.72 Å². The second kappa shape index (κ2) is 8.15. The Bertz CT molecular complexity index is 1030. The zero-order chi connectivity index (χ0) is 19.5. The minimum atomic E-state index is -0.339. The average molecular weight is 398 g/mol. The largest absolute Gasteiger partial charge is 0.450 e. The van der Waals surface area contributed by atoms with Crippen molar-refractivity contribution in [3.8, 4) is 6.07 Å². The minimum Gasteiger partial charge on any atom is -0.450 e. The Balaban J connectivity index is 1.56. The van der Waals surface area contributed by atoms with Crippen LogP contribution in [0.5, 0.6) is 0 Å². The summed E-state index contributed by atoms with van der Waals surface area (Å²) in [5.41, 5.74) is 2.96. The number of aromatic nitrogens is 3. The first-order chi connectivity index (χ1) is 13.7. The van der Waals surface area contributed by atoms with Crippen molar-refractivity contribution in [1.82, 2.24) is 19.9 Å². The molecule has 7 nitrogen and oxygen atoms in total. The average Bonchev–Trinajstić information content (AvgIpc) is 3.31. The summed E-state index contributed by atoms with van der Waals surface area (Å²) < 4.78 is 8.36. The van der Waals surface area contributed by atoms with Crippen LogP contribution in [0.15, 0.2) is 17.6 Å². The molecule has 1 N–H and O–H groups in total. The molecule has 146 valence electrons. The van der Waals surface area contributed by atoms with Crippen molar-refractivity contribution < 1.29 is 9.53 Å². The van der Waals surface area contributed by atoms with Gasteiger partial charge >= 0.3 is 6.09 Å². The summed E-state index contributed by atoms with van der Waals surface area (Å²) in [6.45, 7) is 2.85. The number of hydrogen-bond acceptors (Lipinski definition) is 6. The number of nitrogens with zero attached hydrogens (tertiary/aromatic N) is 4. The number of thiophene rings is 1. The van der Waals surface area contributed by atoms with Crippen LogP contribution in [0.4, 0.5) is 4.79 Å². The molecule has 3 heterocycles. The van der Waals surface area contributed by atoms with E-state index in [9.17, 15) is 10.1 Å². The SMILES string of the molecule is CCOC(=O)NCC1CCC(n2c(CC#N)nc3cnc4ccsc4c32)CC1. The van der Waals surface area contributed by atoms with Gasteiger partial charge in [0, 0.05) is 12.6 Å². The zero-order valence-electron chi connectivity index (χ0n) is 15.9. The Hall–Kier alpha value is -2.66. The molecule has 4 rings (SSSR count). The lowest BCUT2D eigenvalue weighted by Gasteiger charge is -2.30. The van der Waals surface area contributed by atoms with Crippen LogP contribution in [-0.4, -0.2) is 33.8 Å². The number of fused-ring (bicyclic) bond motifs is 3. The van der Waals surface area contributed by atoms with Crippen molar-refractivity contribution in [2.45, 2.75) is 45.1 Å². The highest BCUT2D eigenvalue weighted by Gasteiger charge is 2.27. The summed E-state index contributed by atoms with van der Waals surface area (Å²) in [6, 6.07) is 4.60. The van der Waals surface area contributed by atoms with Gasteiger partial charge in [-0.25, -0.2) is 9.78 Å². The van der Waals surface area contributed by atoms with Gasteiger partial charge in [0.05, 0.1) is 41.0 Å². The smallest absolute Gasteiger partial charge is 0.407 e. The Morgan fingerprint density at radius 1 is 1.39 bits per heavy atom. The Kier molecular flexibility index (Phi) is 5.44. The highest BCUT2D eigenvalue weighted by atomic mass is 32.1. The van der Waals surface area contributed by atoms with E-state index in [-0.39, 0.29) is 6.09 Å². The summed E-state index contributed by atoms with van der Waals surface area (Å²) in [6.07, 6.45) is 5.85. The fourth-order valence-electron chi connectivity index (χ4n) is 4.13. The number of nitrogens with one attached hydrogen (secondary N) is 1. The number of ether oxygens (including phenoxy) is 1. The molecule has 1 aliphatic carbocycles. The molecule has 8 heteroatoms. The fourth-order valence-corrected chi connectivity index (χ4v) is 5.02. The number of nitriles is 1. The van der Waals surface area contributed by atoms with Crippen LogP contribution in [0.1, 0.15) is 44.5 Å². The maximum absolute atomic E-state index is 11.5. The maximum atomic E-state index is 11.5. The Labute approximate surface area is 167 Å². The van der Waals surface area contributed by atoms with E-state index >= 15 is 0 Å². The molecule has 0 radical (unpaired) electrons. The molecule has 0 spiro atoms. The third-order valence-corrected chi connectivity index (χ3v) is 6.34. The molecule has 0 aliphatic heterocycles. The third kappa shape index (κ3) is 3.54. The van der Waals surface area contributed by atoms with E-state index in [0.29, 0.717) is 31.5 Å². The van der Waals surface area contributed by atoms with Gasteiger partial charge in [-0.05, 0) is 50.0 Å². The molecule has 1 amide bonds. The molecular weight excluding hydrogens is 374 g/mol. The molecule has 0 aromatic carbocycles. The zero-order valence-corrected chi connectivity index (χ0v) is 16.7. The molecule has 3 aromatic heterocycles. The van der Waals surface area contributed by atoms with E-state index in [0.717, 1.165) is 52.8 Å². The predicted octanol–water partition coefficient (Wildman–Crippen LogP) is 4.19. The molecule has 0 saturated heterocycles. The summed E-state index contributed by atoms with van der Waals surface area (Å²) in [5.74, 6) is 1.28. The molecule has 3 aromatic rings. The number of rotatable bonds is 5. The second-order valence-electron chi connectivity index (χ2n) is 7.14. The van der Waals surface area contributed by atoms with Crippen LogP contribution >= 0.6 is 11.3 Å². The first-order valence-electron chi connectivity index (χ1n) is 9.71. The maximum Gasteiger partial charge on any atom is 0.407 e. The van der Waals surface area contributed by atoms with Gasteiger partial charge in [-0.1, -0.05) is 0 Å². The summed E-state index contributed by atoms with van der Waals surface area (Å²) >= 11 is 1.68. The van der Waals surface area contributed by atoms with E-state index in [1.54, 1.807) is 18.3 Å². The van der Waals surface area contributed by atoms with Gasteiger partial charge in [0.25, 0.3) is 0 Å². The minimum absolute atomic E-state index is 0.298. The van der Waals surface area contributed by atoms with Crippen molar-refractivity contribution in [2.24, 2.45) is 5.92 Å². The fraction of sp³-hybridized carbons (Fsp3) is 0.500. The number of imidazole rings is 1. The second-order valence-corrected chi connectivity index (χ2v) is 8.05. The molecule has 0 bridgehead atoms. The standard InChI is InChI=1S/C20H23N5O2S/c1-2-27-20(26)23-11-13-3-5-14(6-4-13)25-17(7-9-21)24-16-12-22-15-8-10-28-19(15)18(16)25/h8,10,12-14H,2-7,11H2,1H3,(H,23,26). The van der Waals surface area contributed by atoms with Crippen molar-refractivity contribution >= 4 is 38.7 Å². The first-order valence-corrected chi connectivity index (χ1v) is 10.6. The number of amides is 1. The summed E-state index contributed by atoms with van der Waals surface area (Å²) in [4.78, 5) is 20.7. The number of alkyl carbamates (subject to hydrolysis) is 1. The number of carbonyl (C=O) groups is 1. The highest BCUT2D eigenvalue weighted by Crippen LogP contribution is 2.38.